The molecule has 0 saturated carbocycles. The largest absolute Gasteiger partial charge is 0.480 e. The van der Waals surface area contributed by atoms with Crippen LogP contribution in [-0.4, -0.2) is 28.6 Å². The van der Waals surface area contributed by atoms with Crippen LogP contribution in [0.1, 0.15) is 36.4 Å². The number of carboxylic acids is 1. The van der Waals surface area contributed by atoms with Gasteiger partial charge in [-0.3, -0.25) is 9.69 Å². The number of carbonyl (C=O) groups is 1. The lowest BCUT2D eigenvalue weighted by Gasteiger charge is -2.40. The SMILES string of the molecule is O=C(O)C1CCCCN1C(c1ccc(F)cc1)c1cccc(Cl)c1Cl. The van der Waals surface area contributed by atoms with Crippen molar-refractivity contribution < 1.29 is 14.3 Å². The standard InChI is InChI=1S/C19H18Cl2FNO2/c20-15-5-3-4-14(17(15)21)18(12-7-9-13(22)10-8-12)23-11-2-1-6-16(23)19(24)25/h3-5,7-10,16,18H,1-2,6,11H2,(H,24,25). The maximum absolute atomic E-state index is 13.4. The molecule has 3 nitrogen and oxygen atoms in total. The molecule has 2 unspecified atom stereocenters. The van der Waals surface area contributed by atoms with E-state index in [0.29, 0.717) is 23.0 Å². The van der Waals surface area contributed by atoms with Gasteiger partial charge in [0.25, 0.3) is 0 Å². The summed E-state index contributed by atoms with van der Waals surface area (Å²) in [6.07, 6.45) is 2.34. The smallest absolute Gasteiger partial charge is 0.320 e. The molecule has 1 aliphatic heterocycles. The van der Waals surface area contributed by atoms with Crippen LogP contribution in [0.2, 0.25) is 10.0 Å². The number of benzene rings is 2. The third-order valence-corrected chi connectivity index (χ3v) is 5.46. The highest BCUT2D eigenvalue weighted by Gasteiger charge is 2.36. The maximum Gasteiger partial charge on any atom is 0.320 e. The van der Waals surface area contributed by atoms with Crippen molar-refractivity contribution in [2.24, 2.45) is 0 Å². The molecular weight excluding hydrogens is 364 g/mol. The van der Waals surface area contributed by atoms with Gasteiger partial charge in [-0.25, -0.2) is 4.39 Å². The van der Waals surface area contributed by atoms with Gasteiger partial charge in [-0.2, -0.15) is 0 Å². The predicted molar refractivity (Wildman–Crippen MR) is 96.7 cm³/mol. The Kier molecular flexibility index (Phi) is 5.62. The molecule has 6 heteroatoms. The third kappa shape index (κ3) is 3.81. The molecule has 0 spiro atoms. The van der Waals surface area contributed by atoms with E-state index in [1.54, 1.807) is 24.3 Å². The summed E-state index contributed by atoms with van der Waals surface area (Å²) >= 11 is 12.6. The van der Waals surface area contributed by atoms with Crippen molar-refractivity contribution in [3.05, 3.63) is 69.5 Å². The van der Waals surface area contributed by atoms with Crippen LogP contribution in [0.3, 0.4) is 0 Å². The minimum atomic E-state index is -0.857. The number of nitrogens with zero attached hydrogens (tertiary/aromatic N) is 1. The van der Waals surface area contributed by atoms with E-state index < -0.39 is 18.1 Å². The number of hydrogen-bond donors (Lipinski definition) is 1. The highest BCUT2D eigenvalue weighted by molar-refractivity contribution is 6.42. The van der Waals surface area contributed by atoms with Crippen LogP contribution < -0.4 is 0 Å². The van der Waals surface area contributed by atoms with Crippen molar-refractivity contribution in [2.75, 3.05) is 6.54 Å². The van der Waals surface area contributed by atoms with Crippen molar-refractivity contribution in [3.63, 3.8) is 0 Å². The fraction of sp³-hybridized carbons (Fsp3) is 0.316. The minimum Gasteiger partial charge on any atom is -0.480 e. The summed E-state index contributed by atoms with van der Waals surface area (Å²) in [5, 5.41) is 10.5. The van der Waals surface area contributed by atoms with Gasteiger partial charge in [0.1, 0.15) is 11.9 Å². The van der Waals surface area contributed by atoms with Gasteiger partial charge in [0.05, 0.1) is 16.1 Å². The number of hydrogen-bond acceptors (Lipinski definition) is 2. The van der Waals surface area contributed by atoms with E-state index in [-0.39, 0.29) is 5.82 Å². The van der Waals surface area contributed by atoms with E-state index in [2.05, 4.69) is 0 Å². The molecule has 0 bridgehead atoms. The zero-order chi connectivity index (χ0) is 18.0. The molecule has 132 valence electrons. The Morgan fingerprint density at radius 2 is 1.88 bits per heavy atom. The quantitative estimate of drug-likeness (QED) is 0.794. The molecule has 0 aliphatic carbocycles. The first-order valence-corrected chi connectivity index (χ1v) is 8.92. The van der Waals surface area contributed by atoms with Gasteiger partial charge >= 0.3 is 5.97 Å². The van der Waals surface area contributed by atoms with Gasteiger partial charge in [-0.15, -0.1) is 0 Å². The lowest BCUT2D eigenvalue weighted by atomic mass is 9.91. The van der Waals surface area contributed by atoms with Crippen molar-refractivity contribution in [1.29, 1.82) is 0 Å². The summed E-state index contributed by atoms with van der Waals surface area (Å²) in [4.78, 5) is 13.7. The lowest BCUT2D eigenvalue weighted by Crippen LogP contribution is -2.46. The first-order chi connectivity index (χ1) is 12.0. The number of rotatable bonds is 4. The number of piperidine rings is 1. The zero-order valence-corrected chi connectivity index (χ0v) is 15.0. The molecule has 0 amide bonds. The minimum absolute atomic E-state index is 0.340. The van der Waals surface area contributed by atoms with Crippen LogP contribution >= 0.6 is 23.2 Å². The second-order valence-electron chi connectivity index (χ2n) is 6.18. The Morgan fingerprint density at radius 3 is 2.56 bits per heavy atom. The molecule has 1 aliphatic rings. The lowest BCUT2D eigenvalue weighted by molar-refractivity contribution is -0.145. The van der Waals surface area contributed by atoms with E-state index in [0.717, 1.165) is 24.0 Å². The number of halogens is 3. The van der Waals surface area contributed by atoms with Crippen molar-refractivity contribution >= 4 is 29.2 Å². The van der Waals surface area contributed by atoms with Crippen LogP contribution in [0.25, 0.3) is 0 Å². The topological polar surface area (TPSA) is 40.5 Å². The van der Waals surface area contributed by atoms with Crippen LogP contribution in [0.4, 0.5) is 4.39 Å². The average Bonchev–Trinajstić information content (AvgIpc) is 2.61. The molecule has 0 radical (unpaired) electrons. The van der Waals surface area contributed by atoms with Crippen molar-refractivity contribution in [2.45, 2.75) is 31.3 Å². The van der Waals surface area contributed by atoms with Gasteiger partial charge in [0.15, 0.2) is 0 Å². The Balaban J connectivity index is 2.12. The fourth-order valence-corrected chi connectivity index (χ4v) is 3.87. The highest BCUT2D eigenvalue weighted by Crippen LogP contribution is 2.39. The number of carboxylic acid groups (broad SMARTS) is 1. The monoisotopic (exact) mass is 381 g/mol. The molecule has 0 aromatic heterocycles. The summed E-state index contributed by atoms with van der Waals surface area (Å²) in [7, 11) is 0. The number of aliphatic carboxylic acids is 1. The van der Waals surface area contributed by atoms with Crippen molar-refractivity contribution in [3.8, 4) is 0 Å². The van der Waals surface area contributed by atoms with Crippen LogP contribution in [0.5, 0.6) is 0 Å². The summed E-state index contributed by atoms with van der Waals surface area (Å²) in [5.41, 5.74) is 1.52. The second kappa shape index (κ2) is 7.73. The van der Waals surface area contributed by atoms with Crippen LogP contribution in [0, 0.1) is 5.82 Å². The fourth-order valence-electron chi connectivity index (χ4n) is 3.45. The maximum atomic E-state index is 13.4. The summed E-state index contributed by atoms with van der Waals surface area (Å²) in [6, 6.07) is 10.4. The first kappa shape index (κ1) is 18.2. The Hall–Kier alpha value is -1.62. The molecular formula is C19H18Cl2FNO2. The average molecular weight is 382 g/mol. The molecule has 1 N–H and O–H groups in total. The zero-order valence-electron chi connectivity index (χ0n) is 13.5. The van der Waals surface area contributed by atoms with Crippen molar-refractivity contribution in [1.82, 2.24) is 4.90 Å². The van der Waals surface area contributed by atoms with Gasteiger partial charge in [-0.1, -0.05) is 53.9 Å². The molecule has 25 heavy (non-hydrogen) atoms. The number of likely N-dealkylation sites (tertiary alicyclic amines) is 1. The molecule has 1 fully saturated rings. The summed E-state index contributed by atoms with van der Waals surface area (Å²) in [5.74, 6) is -1.20. The van der Waals surface area contributed by atoms with Crippen LogP contribution in [-0.2, 0) is 4.79 Å². The first-order valence-electron chi connectivity index (χ1n) is 8.17. The summed E-state index contributed by atoms with van der Waals surface area (Å²) < 4.78 is 13.4. The molecule has 1 saturated heterocycles. The predicted octanol–water partition coefficient (Wildman–Crippen LogP) is 5.16. The van der Waals surface area contributed by atoms with Gasteiger partial charge < -0.3 is 5.11 Å². The van der Waals surface area contributed by atoms with E-state index in [1.807, 2.05) is 11.0 Å². The van der Waals surface area contributed by atoms with Gasteiger partial charge in [-0.05, 0) is 48.7 Å². The summed E-state index contributed by atoms with van der Waals surface area (Å²) in [6.45, 7) is 0.627. The van der Waals surface area contributed by atoms with Gasteiger partial charge in [0, 0.05) is 0 Å². The molecule has 2 atom stereocenters. The Morgan fingerprint density at radius 1 is 1.16 bits per heavy atom. The Bertz CT molecular complexity index is 767. The van der Waals surface area contributed by atoms with E-state index in [9.17, 15) is 14.3 Å². The molecule has 1 heterocycles. The molecule has 2 aromatic rings. The normalized spacial score (nSPS) is 19.6. The highest BCUT2D eigenvalue weighted by atomic mass is 35.5. The second-order valence-corrected chi connectivity index (χ2v) is 6.97. The van der Waals surface area contributed by atoms with Crippen LogP contribution in [0.15, 0.2) is 42.5 Å². The van der Waals surface area contributed by atoms with Gasteiger partial charge in [0.2, 0.25) is 0 Å². The molecule has 2 aromatic carbocycles. The Labute approximate surface area is 156 Å². The third-order valence-electron chi connectivity index (χ3n) is 4.62. The van der Waals surface area contributed by atoms with E-state index in [4.69, 9.17) is 23.2 Å². The molecule has 3 rings (SSSR count). The van der Waals surface area contributed by atoms with E-state index >= 15 is 0 Å². The van der Waals surface area contributed by atoms with E-state index in [1.165, 1.54) is 12.1 Å².